The first-order chi connectivity index (χ1) is 13.2. The second-order valence-corrected chi connectivity index (χ2v) is 7.54. The van der Waals surface area contributed by atoms with E-state index in [9.17, 15) is 4.79 Å². The van der Waals surface area contributed by atoms with Gasteiger partial charge in [0, 0.05) is 49.8 Å². The number of piperazine rings is 1. The number of amides is 1. The van der Waals surface area contributed by atoms with Crippen LogP contribution in [0.5, 0.6) is 0 Å². The smallest absolute Gasteiger partial charge is 0.243 e. The Hall–Kier alpha value is -2.53. The monoisotopic (exact) mass is 364 g/mol. The number of hydrogen-bond acceptors (Lipinski definition) is 4. The molecule has 2 aromatic rings. The van der Waals surface area contributed by atoms with Gasteiger partial charge in [0.1, 0.15) is 0 Å². The third-order valence-electron chi connectivity index (χ3n) is 5.56. The van der Waals surface area contributed by atoms with Crippen molar-refractivity contribution in [2.24, 2.45) is 0 Å². The van der Waals surface area contributed by atoms with E-state index < -0.39 is 0 Å². The zero-order valence-corrected chi connectivity index (χ0v) is 16.0. The van der Waals surface area contributed by atoms with Crippen LogP contribution in [0.25, 0.3) is 0 Å². The van der Waals surface area contributed by atoms with Crippen molar-refractivity contribution in [2.45, 2.75) is 12.8 Å². The van der Waals surface area contributed by atoms with E-state index in [2.05, 4.69) is 57.4 Å². The predicted molar refractivity (Wildman–Crippen MR) is 112 cm³/mol. The van der Waals surface area contributed by atoms with Gasteiger partial charge in [-0.15, -0.1) is 0 Å². The molecule has 0 saturated carbocycles. The number of rotatable bonds is 4. The molecule has 1 N–H and O–H groups in total. The average Bonchev–Trinajstić information content (AvgIpc) is 2.69. The standard InChI is InChI=1S/C22H28N4O/c1-24-13-15-25(16-14-24)20-10-8-19(9-11-20)23-22(27)17-26-12-4-6-18-5-2-3-7-21(18)26/h2-3,5,7-11H,4,6,12-17H2,1H3,(H,23,27). The number of aryl methyl sites for hydroxylation is 1. The Morgan fingerprint density at radius 1 is 0.963 bits per heavy atom. The lowest BCUT2D eigenvalue weighted by molar-refractivity contribution is -0.115. The van der Waals surface area contributed by atoms with Gasteiger partial charge in [-0.1, -0.05) is 18.2 Å². The van der Waals surface area contributed by atoms with Crippen LogP contribution in [0.15, 0.2) is 48.5 Å². The Bertz CT molecular complexity index is 781. The minimum Gasteiger partial charge on any atom is -0.369 e. The maximum Gasteiger partial charge on any atom is 0.243 e. The fourth-order valence-corrected chi connectivity index (χ4v) is 3.97. The highest BCUT2D eigenvalue weighted by Crippen LogP contribution is 2.26. The Morgan fingerprint density at radius 2 is 1.70 bits per heavy atom. The van der Waals surface area contributed by atoms with Crippen molar-refractivity contribution >= 4 is 23.0 Å². The van der Waals surface area contributed by atoms with Gasteiger partial charge >= 0.3 is 0 Å². The Balaban J connectivity index is 1.35. The first-order valence-electron chi connectivity index (χ1n) is 9.85. The summed E-state index contributed by atoms with van der Waals surface area (Å²) in [5.74, 6) is 0.0408. The number of fused-ring (bicyclic) bond motifs is 1. The quantitative estimate of drug-likeness (QED) is 0.906. The number of benzene rings is 2. The van der Waals surface area contributed by atoms with Gasteiger partial charge in [-0.25, -0.2) is 0 Å². The number of carbonyl (C=O) groups is 1. The second kappa shape index (κ2) is 8.01. The maximum atomic E-state index is 12.5. The summed E-state index contributed by atoms with van der Waals surface area (Å²) >= 11 is 0. The summed E-state index contributed by atoms with van der Waals surface area (Å²) in [6.45, 7) is 5.63. The molecule has 0 atom stereocenters. The van der Waals surface area contributed by atoms with Crippen molar-refractivity contribution in [3.8, 4) is 0 Å². The normalized spacial score (nSPS) is 17.5. The second-order valence-electron chi connectivity index (χ2n) is 7.54. The van der Waals surface area contributed by atoms with E-state index in [4.69, 9.17) is 0 Å². The number of para-hydroxylation sites is 1. The highest BCUT2D eigenvalue weighted by atomic mass is 16.2. The van der Waals surface area contributed by atoms with Crippen LogP contribution in [0.2, 0.25) is 0 Å². The predicted octanol–water partition coefficient (Wildman–Crippen LogP) is 2.83. The Kier molecular flexibility index (Phi) is 5.30. The third-order valence-corrected chi connectivity index (χ3v) is 5.56. The van der Waals surface area contributed by atoms with Crippen molar-refractivity contribution in [2.75, 3.05) is 61.4 Å². The molecule has 5 nitrogen and oxygen atoms in total. The van der Waals surface area contributed by atoms with E-state index in [0.29, 0.717) is 6.54 Å². The summed E-state index contributed by atoms with van der Waals surface area (Å²) in [6.07, 6.45) is 2.20. The van der Waals surface area contributed by atoms with Gasteiger partial charge in [0.25, 0.3) is 0 Å². The summed E-state index contributed by atoms with van der Waals surface area (Å²) in [5, 5.41) is 3.05. The van der Waals surface area contributed by atoms with E-state index >= 15 is 0 Å². The zero-order chi connectivity index (χ0) is 18.6. The largest absolute Gasteiger partial charge is 0.369 e. The summed E-state index contributed by atoms with van der Waals surface area (Å²) in [6, 6.07) is 16.6. The van der Waals surface area contributed by atoms with Crippen molar-refractivity contribution in [1.29, 1.82) is 0 Å². The Morgan fingerprint density at radius 3 is 2.48 bits per heavy atom. The topological polar surface area (TPSA) is 38.8 Å². The molecule has 2 aromatic carbocycles. The molecule has 142 valence electrons. The molecule has 0 bridgehead atoms. The molecule has 4 rings (SSSR count). The van der Waals surface area contributed by atoms with Crippen LogP contribution in [-0.4, -0.2) is 57.1 Å². The first-order valence-corrected chi connectivity index (χ1v) is 9.85. The highest BCUT2D eigenvalue weighted by molar-refractivity contribution is 5.94. The van der Waals surface area contributed by atoms with Crippen LogP contribution >= 0.6 is 0 Å². The number of nitrogens with zero attached hydrogens (tertiary/aromatic N) is 3. The maximum absolute atomic E-state index is 12.5. The lowest BCUT2D eigenvalue weighted by Crippen LogP contribution is -2.44. The van der Waals surface area contributed by atoms with E-state index in [1.54, 1.807) is 0 Å². The minimum absolute atomic E-state index is 0.0408. The van der Waals surface area contributed by atoms with E-state index in [-0.39, 0.29) is 5.91 Å². The lowest BCUT2D eigenvalue weighted by atomic mass is 10.0. The fourth-order valence-electron chi connectivity index (χ4n) is 3.97. The van der Waals surface area contributed by atoms with E-state index in [0.717, 1.165) is 51.3 Å². The first kappa shape index (κ1) is 17.9. The molecule has 0 aliphatic carbocycles. The molecule has 0 radical (unpaired) electrons. The lowest BCUT2D eigenvalue weighted by Gasteiger charge is -2.34. The Labute approximate surface area is 161 Å². The summed E-state index contributed by atoms with van der Waals surface area (Å²) < 4.78 is 0. The summed E-state index contributed by atoms with van der Waals surface area (Å²) in [4.78, 5) is 19.5. The van der Waals surface area contributed by atoms with Crippen LogP contribution in [0, 0.1) is 0 Å². The van der Waals surface area contributed by atoms with Gasteiger partial charge in [-0.3, -0.25) is 4.79 Å². The molecule has 2 heterocycles. The van der Waals surface area contributed by atoms with Gasteiger partial charge in [-0.05, 0) is 55.8 Å². The molecule has 1 amide bonds. The van der Waals surface area contributed by atoms with E-state index in [1.807, 2.05) is 18.2 Å². The van der Waals surface area contributed by atoms with Gasteiger partial charge in [-0.2, -0.15) is 0 Å². The van der Waals surface area contributed by atoms with Crippen molar-refractivity contribution in [3.05, 3.63) is 54.1 Å². The average molecular weight is 364 g/mol. The van der Waals surface area contributed by atoms with Crippen molar-refractivity contribution < 1.29 is 4.79 Å². The van der Waals surface area contributed by atoms with E-state index in [1.165, 1.54) is 16.9 Å². The highest BCUT2D eigenvalue weighted by Gasteiger charge is 2.19. The number of carbonyl (C=O) groups excluding carboxylic acids is 1. The molecular weight excluding hydrogens is 336 g/mol. The molecule has 1 saturated heterocycles. The molecule has 27 heavy (non-hydrogen) atoms. The third kappa shape index (κ3) is 4.25. The molecule has 2 aliphatic rings. The molecule has 0 aromatic heterocycles. The molecule has 0 spiro atoms. The molecular formula is C22H28N4O. The van der Waals surface area contributed by atoms with Gasteiger partial charge in [0.2, 0.25) is 5.91 Å². The molecule has 2 aliphatic heterocycles. The van der Waals surface area contributed by atoms with Gasteiger partial charge < -0.3 is 20.0 Å². The number of likely N-dealkylation sites (N-methyl/N-ethyl adjacent to an activating group) is 1. The number of hydrogen-bond donors (Lipinski definition) is 1. The van der Waals surface area contributed by atoms with Crippen LogP contribution < -0.4 is 15.1 Å². The molecule has 1 fully saturated rings. The van der Waals surface area contributed by atoms with Crippen molar-refractivity contribution in [1.82, 2.24) is 4.90 Å². The minimum atomic E-state index is 0.0408. The fraction of sp³-hybridized carbons (Fsp3) is 0.409. The zero-order valence-electron chi connectivity index (χ0n) is 16.0. The van der Waals surface area contributed by atoms with Crippen LogP contribution in [0.1, 0.15) is 12.0 Å². The number of nitrogens with one attached hydrogen (secondary N) is 1. The summed E-state index contributed by atoms with van der Waals surface area (Å²) in [5.41, 5.74) is 4.63. The summed E-state index contributed by atoms with van der Waals surface area (Å²) in [7, 11) is 2.16. The number of anilines is 3. The van der Waals surface area contributed by atoms with Crippen molar-refractivity contribution in [3.63, 3.8) is 0 Å². The van der Waals surface area contributed by atoms with Crippen LogP contribution in [0.3, 0.4) is 0 Å². The van der Waals surface area contributed by atoms with Gasteiger partial charge in [0.15, 0.2) is 0 Å². The van der Waals surface area contributed by atoms with Crippen LogP contribution in [0.4, 0.5) is 17.1 Å². The van der Waals surface area contributed by atoms with Crippen LogP contribution in [-0.2, 0) is 11.2 Å². The molecule has 5 heteroatoms. The molecule has 0 unspecified atom stereocenters. The SMILES string of the molecule is CN1CCN(c2ccc(NC(=O)CN3CCCc4ccccc43)cc2)CC1. The van der Waals surface area contributed by atoms with Gasteiger partial charge in [0.05, 0.1) is 6.54 Å².